The van der Waals surface area contributed by atoms with Gasteiger partial charge in [-0.15, -0.1) is 0 Å². The number of aliphatic hydroxyl groups excluding tert-OH is 1. The summed E-state index contributed by atoms with van der Waals surface area (Å²) in [5.74, 6) is -4.75. The first kappa shape index (κ1) is 40.5. The molecule has 18 nitrogen and oxygen atoms in total. The van der Waals surface area contributed by atoms with Crippen molar-refractivity contribution < 1.29 is 62.5 Å². The van der Waals surface area contributed by atoms with Crippen LogP contribution in [0.4, 0.5) is 5.82 Å². The second-order valence-electron chi connectivity index (χ2n) is 11.8. The highest BCUT2D eigenvalue weighted by molar-refractivity contribution is 7.92. The Morgan fingerprint density at radius 2 is 1.40 bits per heavy atom. The van der Waals surface area contributed by atoms with E-state index in [1.54, 1.807) is 42.5 Å². The minimum absolute atomic E-state index is 0.0169. The molecule has 0 aliphatic rings. The molecule has 0 spiro atoms. The van der Waals surface area contributed by atoms with E-state index in [4.69, 9.17) is 34.6 Å². The zero-order valence-corrected chi connectivity index (χ0v) is 29.2. The highest BCUT2D eigenvalue weighted by atomic mass is 32.2. The number of carbonyl (C=O) groups is 3. The van der Waals surface area contributed by atoms with Gasteiger partial charge in [-0.3, -0.25) is 14.3 Å². The van der Waals surface area contributed by atoms with Gasteiger partial charge in [-0.1, -0.05) is 45.0 Å². The summed E-state index contributed by atoms with van der Waals surface area (Å²) >= 11 is 0. The van der Waals surface area contributed by atoms with Crippen molar-refractivity contribution in [3.63, 3.8) is 0 Å². The lowest BCUT2D eigenvalue weighted by atomic mass is 9.87. The lowest BCUT2D eigenvalue weighted by Crippen LogP contribution is -2.42. The van der Waals surface area contributed by atoms with Crippen LogP contribution in [0.25, 0.3) is 11.6 Å². The van der Waals surface area contributed by atoms with Crippen molar-refractivity contribution in [3.05, 3.63) is 72.6 Å². The van der Waals surface area contributed by atoms with Crippen LogP contribution < -0.4 is 18.9 Å². The molecule has 52 heavy (non-hydrogen) atoms. The Bertz CT molecular complexity index is 1950. The average molecular weight is 744 g/mol. The third-order valence-corrected chi connectivity index (χ3v) is 8.11. The SMILES string of the molecule is COc1ccccc1Oc1c(NS(=O)(=O)c2ccc(C(C)(C)C)cc2)nc(-c2ncccn2)nc1OCCO.O=C(O)CC(O)(CC(=O)O)C(=O)O. The largest absolute Gasteiger partial charge is 0.493 e. The molecule has 0 unspecified atom stereocenters. The van der Waals surface area contributed by atoms with Gasteiger partial charge in [0.1, 0.15) is 6.61 Å². The third kappa shape index (κ3) is 11.0. The number of benzene rings is 2. The summed E-state index contributed by atoms with van der Waals surface area (Å²) in [6.45, 7) is 5.65. The number of aliphatic hydroxyl groups is 2. The topological polar surface area (TPSA) is 278 Å². The Hall–Kier alpha value is -5.92. The molecule has 0 bridgehead atoms. The number of ether oxygens (including phenoxy) is 3. The second-order valence-corrected chi connectivity index (χ2v) is 13.5. The van der Waals surface area contributed by atoms with Crippen molar-refractivity contribution in [2.75, 3.05) is 25.0 Å². The van der Waals surface area contributed by atoms with Gasteiger partial charge in [0.2, 0.25) is 11.6 Å². The molecule has 0 amide bonds. The number of rotatable bonds is 15. The second kappa shape index (κ2) is 17.3. The number of aromatic nitrogens is 4. The van der Waals surface area contributed by atoms with Crippen LogP contribution in [-0.4, -0.2) is 97.7 Å². The molecule has 19 heteroatoms. The van der Waals surface area contributed by atoms with Gasteiger partial charge in [-0.05, 0) is 41.3 Å². The Morgan fingerprint density at radius 1 is 0.827 bits per heavy atom. The van der Waals surface area contributed by atoms with Gasteiger partial charge in [0, 0.05) is 12.4 Å². The molecular formula is C33H37N5O13S. The van der Waals surface area contributed by atoms with Crippen LogP contribution in [0.5, 0.6) is 23.1 Å². The van der Waals surface area contributed by atoms with Crippen LogP contribution in [0, 0.1) is 0 Å². The number of anilines is 1. The number of para-hydroxylation sites is 2. The molecule has 2 aromatic heterocycles. The molecule has 0 aliphatic heterocycles. The predicted octanol–water partition coefficient (Wildman–Crippen LogP) is 2.96. The molecule has 278 valence electrons. The van der Waals surface area contributed by atoms with Gasteiger partial charge in [-0.2, -0.15) is 4.98 Å². The van der Waals surface area contributed by atoms with E-state index >= 15 is 0 Å². The van der Waals surface area contributed by atoms with E-state index in [9.17, 15) is 27.9 Å². The number of carboxylic acids is 3. The Morgan fingerprint density at radius 3 is 1.90 bits per heavy atom. The normalized spacial score (nSPS) is 11.4. The molecule has 6 N–H and O–H groups in total. The van der Waals surface area contributed by atoms with Crippen molar-refractivity contribution in [2.24, 2.45) is 0 Å². The molecule has 2 aromatic carbocycles. The van der Waals surface area contributed by atoms with Crippen molar-refractivity contribution in [3.8, 4) is 34.8 Å². The summed E-state index contributed by atoms with van der Waals surface area (Å²) in [7, 11) is -2.66. The number of methoxy groups -OCH3 is 1. The predicted molar refractivity (Wildman–Crippen MR) is 182 cm³/mol. The molecular weight excluding hydrogens is 706 g/mol. The van der Waals surface area contributed by atoms with Crippen LogP contribution in [0.3, 0.4) is 0 Å². The maximum absolute atomic E-state index is 13.5. The van der Waals surface area contributed by atoms with E-state index in [-0.39, 0.29) is 58.4 Å². The molecule has 0 fully saturated rings. The Labute approximate surface area is 297 Å². The van der Waals surface area contributed by atoms with Crippen LogP contribution in [0.2, 0.25) is 0 Å². The van der Waals surface area contributed by atoms with Gasteiger partial charge in [0.05, 0.1) is 31.5 Å². The van der Waals surface area contributed by atoms with Crippen LogP contribution in [0.15, 0.2) is 71.9 Å². The third-order valence-electron chi connectivity index (χ3n) is 6.76. The van der Waals surface area contributed by atoms with E-state index in [1.165, 1.54) is 31.6 Å². The number of carboxylic acid groups (broad SMARTS) is 3. The summed E-state index contributed by atoms with van der Waals surface area (Å²) in [4.78, 5) is 47.6. The fraction of sp³-hybridized carbons (Fsp3) is 0.303. The summed E-state index contributed by atoms with van der Waals surface area (Å²) in [6, 6.07) is 15.0. The molecule has 0 radical (unpaired) electrons. The first-order valence-corrected chi connectivity index (χ1v) is 16.6. The molecule has 2 heterocycles. The summed E-state index contributed by atoms with van der Waals surface area (Å²) in [5.41, 5.74) is -1.91. The molecule has 0 saturated heterocycles. The van der Waals surface area contributed by atoms with E-state index < -0.39 is 46.4 Å². The lowest BCUT2D eigenvalue weighted by molar-refractivity contribution is -0.170. The quantitative estimate of drug-likeness (QED) is 0.102. The van der Waals surface area contributed by atoms with Crippen LogP contribution in [-0.2, 0) is 29.8 Å². The number of sulfonamides is 1. The molecule has 4 aromatic rings. The van der Waals surface area contributed by atoms with Crippen molar-refractivity contribution >= 4 is 33.7 Å². The van der Waals surface area contributed by atoms with Gasteiger partial charge in [-0.25, -0.2) is 28.2 Å². The molecule has 0 atom stereocenters. The summed E-state index contributed by atoms with van der Waals surface area (Å²) in [6.07, 6.45) is 0.711. The van der Waals surface area contributed by atoms with Crippen LogP contribution in [0.1, 0.15) is 39.2 Å². The zero-order chi connectivity index (χ0) is 38.7. The monoisotopic (exact) mass is 743 g/mol. The molecule has 0 saturated carbocycles. The molecule has 0 aliphatic carbocycles. The fourth-order valence-electron chi connectivity index (χ4n) is 4.19. The average Bonchev–Trinajstić information content (AvgIpc) is 3.08. The number of aliphatic carboxylic acids is 3. The zero-order valence-electron chi connectivity index (χ0n) is 28.4. The van der Waals surface area contributed by atoms with Crippen LogP contribution >= 0.6 is 0 Å². The van der Waals surface area contributed by atoms with Gasteiger partial charge >= 0.3 is 17.9 Å². The number of hydrogen-bond acceptors (Lipinski definition) is 14. The van der Waals surface area contributed by atoms with Gasteiger partial charge in [0.25, 0.3) is 15.9 Å². The maximum atomic E-state index is 13.5. The number of nitrogens with zero attached hydrogens (tertiary/aromatic N) is 4. The minimum atomic E-state index is -4.14. The van der Waals surface area contributed by atoms with Gasteiger partial charge in [0.15, 0.2) is 28.7 Å². The number of hydrogen-bond donors (Lipinski definition) is 6. The van der Waals surface area contributed by atoms with E-state index in [0.29, 0.717) is 5.75 Å². The highest BCUT2D eigenvalue weighted by Gasteiger charge is 2.40. The molecule has 4 rings (SSSR count). The first-order valence-electron chi connectivity index (χ1n) is 15.2. The highest BCUT2D eigenvalue weighted by Crippen LogP contribution is 2.41. The first-order chi connectivity index (χ1) is 24.4. The fourth-order valence-corrected chi connectivity index (χ4v) is 5.20. The van der Waals surface area contributed by atoms with Crippen molar-refractivity contribution in [1.82, 2.24) is 19.9 Å². The summed E-state index contributed by atoms with van der Waals surface area (Å²) < 4.78 is 46.6. The Kier molecular flexibility index (Phi) is 13.5. The van der Waals surface area contributed by atoms with E-state index in [0.717, 1.165) is 5.56 Å². The van der Waals surface area contributed by atoms with Crippen molar-refractivity contribution in [2.45, 2.75) is 49.5 Å². The van der Waals surface area contributed by atoms with E-state index in [1.807, 2.05) is 20.8 Å². The van der Waals surface area contributed by atoms with Gasteiger partial charge < -0.3 is 39.7 Å². The standard InChI is InChI=1S/C27H29N5O6S.C6H8O7/c1-27(2,3)18-10-12-19(13-11-18)39(34,35)32-23-22(38-21-9-6-5-8-20(21)36-4)26(37-17-16-33)31-25(30-23)24-28-14-7-15-29-24;7-3(8)1-6(13,5(11)12)2-4(9)10/h5-15,33H,16-17H2,1-4H3,(H,30,31,32);13H,1-2H2,(H,7,8)(H,9,10)(H,11,12). The van der Waals surface area contributed by atoms with E-state index in [2.05, 4.69) is 24.7 Å². The lowest BCUT2D eigenvalue weighted by Gasteiger charge is -2.20. The minimum Gasteiger partial charge on any atom is -0.493 e. The summed E-state index contributed by atoms with van der Waals surface area (Å²) in [5, 5.41) is 43.2. The van der Waals surface area contributed by atoms with Crippen molar-refractivity contribution in [1.29, 1.82) is 0 Å². The number of nitrogens with one attached hydrogen (secondary N) is 1. The smallest absolute Gasteiger partial charge is 0.336 e. The maximum Gasteiger partial charge on any atom is 0.336 e. The Balaban J connectivity index is 0.000000478.